The van der Waals surface area contributed by atoms with E-state index in [1.54, 1.807) is 31.2 Å². The Bertz CT molecular complexity index is 770. The molecule has 1 aliphatic rings. The fraction of sp³-hybridized carbons (Fsp3) is 0.333. The van der Waals surface area contributed by atoms with Crippen molar-refractivity contribution >= 4 is 27.7 Å². The lowest BCUT2D eigenvalue weighted by Crippen LogP contribution is -2.51. The monoisotopic (exact) mass is 414 g/mol. The minimum Gasteiger partial charge on any atom is -0.353 e. The molecule has 1 saturated carbocycles. The molecule has 0 radical (unpaired) electrons. The summed E-state index contributed by atoms with van der Waals surface area (Å²) in [4.78, 5) is 24.7. The summed E-state index contributed by atoms with van der Waals surface area (Å²) in [5, 5.41) is 5.79. The minimum absolute atomic E-state index is 0.0341. The quantitative estimate of drug-likeness (QED) is 0.754. The first-order valence-electron chi connectivity index (χ1n) is 8.90. The second kappa shape index (κ2) is 8.04. The zero-order valence-electron chi connectivity index (χ0n) is 14.8. The van der Waals surface area contributed by atoms with Crippen molar-refractivity contribution in [1.82, 2.24) is 10.6 Å². The highest BCUT2D eigenvalue weighted by Gasteiger charge is 2.38. The predicted molar refractivity (Wildman–Crippen MR) is 106 cm³/mol. The summed E-state index contributed by atoms with van der Waals surface area (Å²) in [6.45, 7) is 2.32. The van der Waals surface area contributed by atoms with Crippen molar-refractivity contribution in [3.8, 4) is 0 Å². The van der Waals surface area contributed by atoms with Gasteiger partial charge in [0.15, 0.2) is 0 Å². The van der Waals surface area contributed by atoms with Crippen LogP contribution in [0, 0.1) is 0 Å². The lowest BCUT2D eigenvalue weighted by atomic mass is 9.64. The summed E-state index contributed by atoms with van der Waals surface area (Å²) >= 11 is 3.34. The van der Waals surface area contributed by atoms with Crippen LogP contribution in [0.15, 0.2) is 59.1 Å². The minimum atomic E-state index is -0.584. The molecule has 0 saturated heterocycles. The van der Waals surface area contributed by atoms with Gasteiger partial charge >= 0.3 is 0 Å². The number of carbonyl (C=O) groups excluding carboxylic acids is 2. The standard InChI is InChI=1S/C21H23BrN2O2/c1-15(24-20(26)16-8-10-18(22)11-9-16)19(25)23-14-21(12-5-13-21)17-6-3-2-4-7-17/h2-4,6-11,15H,5,12-14H2,1H3,(H,23,25)(H,24,26)/t15-/m0/s1. The molecule has 0 aromatic heterocycles. The summed E-state index contributed by atoms with van der Waals surface area (Å²) in [6.07, 6.45) is 3.34. The molecule has 1 fully saturated rings. The van der Waals surface area contributed by atoms with Gasteiger partial charge in [0.25, 0.3) is 5.91 Å². The van der Waals surface area contributed by atoms with Gasteiger partial charge in [-0.2, -0.15) is 0 Å². The van der Waals surface area contributed by atoms with Gasteiger partial charge in [0, 0.05) is 22.0 Å². The number of carbonyl (C=O) groups is 2. The maximum absolute atomic E-state index is 12.4. The Morgan fingerprint density at radius 2 is 1.73 bits per heavy atom. The molecular formula is C21H23BrN2O2. The van der Waals surface area contributed by atoms with E-state index in [9.17, 15) is 9.59 Å². The Labute approximate surface area is 162 Å². The summed E-state index contributed by atoms with van der Waals surface area (Å²) < 4.78 is 0.909. The van der Waals surface area contributed by atoms with Gasteiger partial charge in [0.1, 0.15) is 6.04 Å². The predicted octanol–water partition coefficient (Wildman–Crippen LogP) is 3.81. The Kier molecular flexibility index (Phi) is 5.77. The van der Waals surface area contributed by atoms with Gasteiger partial charge in [0.05, 0.1) is 0 Å². The van der Waals surface area contributed by atoms with Crippen LogP contribution in [0.25, 0.3) is 0 Å². The molecule has 2 amide bonds. The highest BCUT2D eigenvalue weighted by molar-refractivity contribution is 9.10. The molecule has 0 bridgehead atoms. The van der Waals surface area contributed by atoms with Crippen molar-refractivity contribution in [2.45, 2.75) is 37.6 Å². The van der Waals surface area contributed by atoms with Crippen molar-refractivity contribution < 1.29 is 9.59 Å². The zero-order chi connectivity index (χ0) is 18.6. The average Bonchev–Trinajstić information content (AvgIpc) is 2.62. The Balaban J connectivity index is 1.56. The Morgan fingerprint density at radius 1 is 1.08 bits per heavy atom. The molecule has 1 aliphatic carbocycles. The second-order valence-corrected chi connectivity index (χ2v) is 7.84. The van der Waals surface area contributed by atoms with Gasteiger partial charge in [-0.15, -0.1) is 0 Å². The number of amides is 2. The van der Waals surface area contributed by atoms with Crippen LogP contribution >= 0.6 is 15.9 Å². The van der Waals surface area contributed by atoms with Crippen molar-refractivity contribution in [2.75, 3.05) is 6.54 Å². The van der Waals surface area contributed by atoms with Crippen molar-refractivity contribution in [2.24, 2.45) is 0 Å². The van der Waals surface area contributed by atoms with Gasteiger partial charge < -0.3 is 10.6 Å². The SMILES string of the molecule is C[C@H](NC(=O)c1ccc(Br)cc1)C(=O)NCC1(c2ccccc2)CCC1. The van der Waals surface area contributed by atoms with Gasteiger partial charge in [-0.3, -0.25) is 9.59 Å². The van der Waals surface area contributed by atoms with Gasteiger partial charge in [-0.05, 0) is 49.6 Å². The Hall–Kier alpha value is -2.14. The normalized spacial score (nSPS) is 16.2. The lowest BCUT2D eigenvalue weighted by Gasteiger charge is -2.42. The first-order valence-corrected chi connectivity index (χ1v) is 9.69. The molecule has 2 N–H and O–H groups in total. The molecule has 0 heterocycles. The third-order valence-electron chi connectivity index (χ3n) is 5.15. The zero-order valence-corrected chi connectivity index (χ0v) is 16.4. The van der Waals surface area contributed by atoms with Crippen LogP contribution in [0.4, 0.5) is 0 Å². The maximum atomic E-state index is 12.4. The molecular weight excluding hydrogens is 392 g/mol. The number of nitrogens with one attached hydrogen (secondary N) is 2. The lowest BCUT2D eigenvalue weighted by molar-refractivity contribution is -0.123. The summed E-state index contributed by atoms with van der Waals surface area (Å²) in [5.74, 6) is -0.403. The van der Waals surface area contributed by atoms with Gasteiger partial charge in [0.2, 0.25) is 5.91 Å². The average molecular weight is 415 g/mol. The highest BCUT2D eigenvalue weighted by Crippen LogP contribution is 2.43. The van der Waals surface area contributed by atoms with Crippen molar-refractivity contribution in [3.63, 3.8) is 0 Å². The Morgan fingerprint density at radius 3 is 2.31 bits per heavy atom. The van der Waals surface area contributed by atoms with Crippen LogP contribution in [-0.2, 0) is 10.2 Å². The molecule has 0 unspecified atom stereocenters. The first-order chi connectivity index (χ1) is 12.5. The molecule has 26 heavy (non-hydrogen) atoms. The van der Waals surface area contributed by atoms with Crippen LogP contribution in [0.1, 0.15) is 42.1 Å². The number of rotatable bonds is 6. The van der Waals surface area contributed by atoms with Crippen LogP contribution in [0.2, 0.25) is 0 Å². The van der Waals surface area contributed by atoms with E-state index in [4.69, 9.17) is 0 Å². The second-order valence-electron chi connectivity index (χ2n) is 6.92. The van der Waals surface area contributed by atoms with E-state index in [2.05, 4.69) is 38.7 Å². The van der Waals surface area contributed by atoms with Crippen LogP contribution in [0.3, 0.4) is 0 Å². The van der Waals surface area contributed by atoms with E-state index in [1.807, 2.05) is 18.2 Å². The largest absolute Gasteiger partial charge is 0.353 e. The van der Waals surface area contributed by atoms with E-state index in [-0.39, 0.29) is 17.2 Å². The number of halogens is 1. The van der Waals surface area contributed by atoms with E-state index in [1.165, 1.54) is 12.0 Å². The molecule has 3 rings (SSSR count). The highest BCUT2D eigenvalue weighted by atomic mass is 79.9. The van der Waals surface area contributed by atoms with E-state index in [0.717, 1.165) is 17.3 Å². The smallest absolute Gasteiger partial charge is 0.251 e. The van der Waals surface area contributed by atoms with Crippen LogP contribution < -0.4 is 10.6 Å². The van der Waals surface area contributed by atoms with E-state index in [0.29, 0.717) is 12.1 Å². The molecule has 136 valence electrons. The number of hydrogen-bond donors (Lipinski definition) is 2. The molecule has 0 spiro atoms. The van der Waals surface area contributed by atoms with E-state index < -0.39 is 6.04 Å². The summed E-state index contributed by atoms with van der Waals surface area (Å²) in [5.41, 5.74) is 1.84. The molecule has 4 nitrogen and oxygen atoms in total. The summed E-state index contributed by atoms with van der Waals surface area (Å²) in [6, 6.07) is 16.8. The van der Waals surface area contributed by atoms with Crippen LogP contribution in [0.5, 0.6) is 0 Å². The van der Waals surface area contributed by atoms with Crippen molar-refractivity contribution in [3.05, 3.63) is 70.2 Å². The maximum Gasteiger partial charge on any atom is 0.251 e. The van der Waals surface area contributed by atoms with Gasteiger partial charge in [-0.25, -0.2) is 0 Å². The first kappa shape index (κ1) is 18.6. The molecule has 5 heteroatoms. The van der Waals surface area contributed by atoms with Gasteiger partial charge in [-0.1, -0.05) is 52.7 Å². The third-order valence-corrected chi connectivity index (χ3v) is 5.67. The molecule has 0 aliphatic heterocycles. The fourth-order valence-corrected chi connectivity index (χ4v) is 3.58. The van der Waals surface area contributed by atoms with E-state index >= 15 is 0 Å². The number of hydrogen-bond acceptors (Lipinski definition) is 2. The molecule has 1 atom stereocenters. The third kappa shape index (κ3) is 4.15. The fourth-order valence-electron chi connectivity index (χ4n) is 3.32. The molecule has 2 aromatic carbocycles. The van der Waals surface area contributed by atoms with Crippen LogP contribution in [-0.4, -0.2) is 24.4 Å². The topological polar surface area (TPSA) is 58.2 Å². The summed E-state index contributed by atoms with van der Waals surface area (Å²) in [7, 11) is 0. The van der Waals surface area contributed by atoms with Crippen molar-refractivity contribution in [1.29, 1.82) is 0 Å². The molecule has 2 aromatic rings. The number of benzene rings is 2.